The molecule has 1 aliphatic carbocycles. The van der Waals surface area contributed by atoms with Crippen molar-refractivity contribution in [2.45, 2.75) is 25.7 Å². The second kappa shape index (κ2) is 6.58. The summed E-state index contributed by atoms with van der Waals surface area (Å²) in [4.78, 5) is 34.9. The van der Waals surface area contributed by atoms with Crippen molar-refractivity contribution in [1.82, 2.24) is 15.2 Å². The quantitative estimate of drug-likeness (QED) is 0.886. The molecule has 4 heterocycles. The van der Waals surface area contributed by atoms with Gasteiger partial charge in [0.2, 0.25) is 0 Å². The van der Waals surface area contributed by atoms with Crippen molar-refractivity contribution in [3.8, 4) is 0 Å². The lowest BCUT2D eigenvalue weighted by Gasteiger charge is -2.33. The van der Waals surface area contributed by atoms with Crippen LogP contribution in [0.3, 0.4) is 0 Å². The second-order valence-electron chi connectivity index (χ2n) is 7.93. The van der Waals surface area contributed by atoms with Gasteiger partial charge in [0.15, 0.2) is 11.3 Å². The minimum Gasteiger partial charge on any atom is -0.449 e. The highest BCUT2D eigenvalue weighted by Crippen LogP contribution is 2.59. The van der Waals surface area contributed by atoms with Gasteiger partial charge in [-0.3, -0.25) is 19.6 Å². The predicted octanol–water partition coefficient (Wildman–Crippen LogP) is 2.54. The third-order valence-electron chi connectivity index (χ3n) is 6.33. The molecular weight excluding hydrogens is 356 g/mol. The number of nitrogens with zero attached hydrogens (tertiary/aromatic N) is 3. The Labute approximate surface area is 162 Å². The first-order chi connectivity index (χ1) is 13.6. The monoisotopic (exact) mass is 378 g/mol. The van der Waals surface area contributed by atoms with Gasteiger partial charge in [-0.05, 0) is 48.8 Å². The van der Waals surface area contributed by atoms with Crippen LogP contribution >= 0.6 is 0 Å². The number of aliphatic imine (C=N–C) groups is 1. The molecule has 3 aliphatic rings. The average Bonchev–Trinajstić information content (AvgIpc) is 3.13. The number of amides is 2. The van der Waals surface area contributed by atoms with E-state index in [0.29, 0.717) is 29.5 Å². The van der Waals surface area contributed by atoms with Crippen molar-refractivity contribution < 1.29 is 14.0 Å². The molecule has 1 atom stereocenters. The molecule has 0 aromatic carbocycles. The van der Waals surface area contributed by atoms with E-state index in [9.17, 15) is 9.59 Å². The third-order valence-corrected chi connectivity index (χ3v) is 6.33. The van der Waals surface area contributed by atoms with Gasteiger partial charge in [0, 0.05) is 43.9 Å². The van der Waals surface area contributed by atoms with Crippen molar-refractivity contribution in [2.75, 3.05) is 19.6 Å². The van der Waals surface area contributed by atoms with Crippen molar-refractivity contribution >= 4 is 29.0 Å². The lowest BCUT2D eigenvalue weighted by Crippen LogP contribution is -2.40. The van der Waals surface area contributed by atoms with Crippen molar-refractivity contribution in [1.29, 1.82) is 0 Å². The molecule has 2 fully saturated rings. The number of allylic oxidation sites excluding steroid dienone is 1. The number of carbonyl (C=O) groups excluding carboxylic acids is 2. The molecular formula is C21H22N4O3. The molecule has 7 heteroatoms. The smallest absolute Gasteiger partial charge is 0.287 e. The summed E-state index contributed by atoms with van der Waals surface area (Å²) in [6, 6.07) is 3.58. The number of aromatic nitrogens is 1. The van der Waals surface area contributed by atoms with E-state index in [4.69, 9.17) is 4.42 Å². The molecule has 144 valence electrons. The van der Waals surface area contributed by atoms with Crippen LogP contribution in [0.2, 0.25) is 0 Å². The SMILES string of the molecule is O=C(NCC1CC12CCN(C(=O)C1=CCC=N1)CC2)c1cc2ccncc2o1. The Morgan fingerprint density at radius 2 is 2.18 bits per heavy atom. The minimum absolute atomic E-state index is 0.0495. The standard InChI is InChI=1S/C21H22N4O3/c26-19(17-10-14-3-7-22-13-18(14)28-17)24-12-15-11-21(15)4-8-25(9-5-21)20(27)16-2-1-6-23-16/h2-3,6-7,10,13,15H,1,4-5,8-9,11-12H2,(H,24,26). The van der Waals surface area contributed by atoms with Crippen LogP contribution in [0, 0.1) is 11.3 Å². The van der Waals surface area contributed by atoms with E-state index >= 15 is 0 Å². The number of hydrogen-bond donors (Lipinski definition) is 1. The number of pyridine rings is 1. The van der Waals surface area contributed by atoms with Crippen LogP contribution in [0.25, 0.3) is 11.0 Å². The van der Waals surface area contributed by atoms with Crippen molar-refractivity contribution in [2.24, 2.45) is 16.3 Å². The number of likely N-dealkylation sites (tertiary alicyclic amines) is 1. The van der Waals surface area contributed by atoms with Gasteiger partial charge in [0.1, 0.15) is 5.70 Å². The highest BCUT2D eigenvalue weighted by molar-refractivity contribution is 5.97. The molecule has 1 saturated heterocycles. The van der Waals surface area contributed by atoms with Gasteiger partial charge in [-0.15, -0.1) is 0 Å². The summed E-state index contributed by atoms with van der Waals surface area (Å²) in [5, 5.41) is 3.89. The van der Waals surface area contributed by atoms with Crippen LogP contribution in [-0.4, -0.2) is 47.5 Å². The van der Waals surface area contributed by atoms with Crippen LogP contribution in [0.1, 0.15) is 36.2 Å². The Morgan fingerprint density at radius 3 is 2.93 bits per heavy atom. The molecule has 2 amide bonds. The van der Waals surface area contributed by atoms with E-state index < -0.39 is 0 Å². The van der Waals surface area contributed by atoms with E-state index in [1.807, 2.05) is 17.0 Å². The summed E-state index contributed by atoms with van der Waals surface area (Å²) in [5.74, 6) is 0.664. The molecule has 2 aromatic heterocycles. The Bertz CT molecular complexity index is 965. The Hall–Kier alpha value is -2.96. The number of rotatable bonds is 4. The lowest BCUT2D eigenvalue weighted by atomic mass is 9.90. The van der Waals surface area contributed by atoms with E-state index in [1.165, 1.54) is 0 Å². The normalized spacial score (nSPS) is 22.5. The first-order valence-electron chi connectivity index (χ1n) is 9.78. The lowest BCUT2D eigenvalue weighted by molar-refractivity contribution is -0.128. The average molecular weight is 378 g/mol. The fourth-order valence-corrected chi connectivity index (χ4v) is 4.46. The zero-order chi connectivity index (χ0) is 19.1. The Kier molecular flexibility index (Phi) is 4.03. The molecule has 5 rings (SSSR count). The van der Waals surface area contributed by atoms with Crippen LogP contribution < -0.4 is 5.32 Å². The topological polar surface area (TPSA) is 87.8 Å². The summed E-state index contributed by atoms with van der Waals surface area (Å²) >= 11 is 0. The minimum atomic E-state index is -0.183. The fourth-order valence-electron chi connectivity index (χ4n) is 4.46. The number of furan rings is 1. The zero-order valence-corrected chi connectivity index (χ0v) is 15.6. The molecule has 1 N–H and O–H groups in total. The van der Waals surface area contributed by atoms with E-state index in [2.05, 4.69) is 15.3 Å². The zero-order valence-electron chi connectivity index (χ0n) is 15.6. The molecule has 2 aliphatic heterocycles. The third kappa shape index (κ3) is 3.00. The van der Waals surface area contributed by atoms with Crippen molar-refractivity contribution in [3.63, 3.8) is 0 Å². The molecule has 1 spiro atoms. The molecule has 7 nitrogen and oxygen atoms in total. The van der Waals surface area contributed by atoms with Crippen molar-refractivity contribution in [3.05, 3.63) is 42.1 Å². The maximum atomic E-state index is 12.4. The van der Waals surface area contributed by atoms with Gasteiger partial charge in [0.05, 0.1) is 6.20 Å². The van der Waals surface area contributed by atoms with E-state index in [-0.39, 0.29) is 17.2 Å². The maximum Gasteiger partial charge on any atom is 0.287 e. The van der Waals surface area contributed by atoms with Crippen LogP contribution in [0.5, 0.6) is 0 Å². The number of carbonyl (C=O) groups is 2. The first-order valence-corrected chi connectivity index (χ1v) is 9.78. The van der Waals surface area contributed by atoms with E-state index in [1.54, 1.807) is 24.7 Å². The van der Waals surface area contributed by atoms with Crippen LogP contribution in [0.4, 0.5) is 0 Å². The van der Waals surface area contributed by atoms with Gasteiger partial charge in [-0.1, -0.05) is 0 Å². The number of nitrogens with one attached hydrogen (secondary N) is 1. The van der Waals surface area contributed by atoms with Crippen LogP contribution in [-0.2, 0) is 4.79 Å². The largest absolute Gasteiger partial charge is 0.449 e. The first kappa shape index (κ1) is 17.2. The summed E-state index contributed by atoms with van der Waals surface area (Å²) in [6.45, 7) is 2.19. The molecule has 2 aromatic rings. The highest BCUT2D eigenvalue weighted by Gasteiger charge is 2.54. The molecule has 1 saturated carbocycles. The van der Waals surface area contributed by atoms with Crippen LogP contribution in [0.15, 0.2) is 45.7 Å². The summed E-state index contributed by atoms with van der Waals surface area (Å²) in [6.07, 6.45) is 10.8. The highest BCUT2D eigenvalue weighted by atomic mass is 16.3. The van der Waals surface area contributed by atoms with Gasteiger partial charge in [-0.2, -0.15) is 0 Å². The van der Waals surface area contributed by atoms with Gasteiger partial charge in [0.25, 0.3) is 11.8 Å². The Morgan fingerprint density at radius 1 is 1.32 bits per heavy atom. The van der Waals surface area contributed by atoms with E-state index in [0.717, 1.165) is 44.2 Å². The van der Waals surface area contributed by atoms with Gasteiger partial charge in [-0.25, -0.2) is 0 Å². The summed E-state index contributed by atoms with van der Waals surface area (Å²) in [7, 11) is 0. The fraction of sp³-hybridized carbons (Fsp3) is 0.429. The molecule has 0 radical (unpaired) electrons. The molecule has 1 unspecified atom stereocenters. The second-order valence-corrected chi connectivity index (χ2v) is 7.93. The van der Waals surface area contributed by atoms with Gasteiger partial charge < -0.3 is 14.6 Å². The maximum absolute atomic E-state index is 12.4. The summed E-state index contributed by atoms with van der Waals surface area (Å²) in [5.41, 5.74) is 1.47. The molecule has 0 bridgehead atoms. The Balaban J connectivity index is 1.13. The summed E-state index contributed by atoms with van der Waals surface area (Å²) < 4.78 is 5.57. The van der Waals surface area contributed by atoms with Gasteiger partial charge >= 0.3 is 0 Å². The predicted molar refractivity (Wildman–Crippen MR) is 104 cm³/mol. The molecule has 28 heavy (non-hydrogen) atoms. The number of hydrogen-bond acceptors (Lipinski definition) is 5. The number of piperidine rings is 1. The number of fused-ring (bicyclic) bond motifs is 1.